The molecule has 2 aliphatic rings. The number of rotatable bonds is 2. The number of hydrogen-bond donors (Lipinski definition) is 0. The smallest absolute Gasteiger partial charge is 0.133 e. The molecule has 1 aliphatic heterocycles. The first-order valence-corrected chi connectivity index (χ1v) is 19.4. The molecule has 0 unspecified atom stereocenters. The van der Waals surface area contributed by atoms with Crippen LogP contribution in [0, 0.1) is 0 Å². The zero-order valence-corrected chi connectivity index (χ0v) is 30.3. The van der Waals surface area contributed by atoms with Crippen LogP contribution in [0.5, 0.6) is 11.5 Å². The Bertz CT molecular complexity index is 3360. The van der Waals surface area contributed by atoms with Gasteiger partial charge in [0.15, 0.2) is 0 Å². The lowest BCUT2D eigenvalue weighted by Gasteiger charge is -2.39. The monoisotopic (exact) mass is 712 g/mol. The summed E-state index contributed by atoms with van der Waals surface area (Å²) in [4.78, 5) is 0. The molecule has 11 aromatic rings. The molecule has 56 heavy (non-hydrogen) atoms. The van der Waals surface area contributed by atoms with Crippen LogP contribution in [0.3, 0.4) is 0 Å². The van der Waals surface area contributed by atoms with Crippen molar-refractivity contribution in [3.8, 4) is 34.0 Å². The predicted molar refractivity (Wildman–Crippen MR) is 230 cm³/mol. The van der Waals surface area contributed by atoms with E-state index in [0.29, 0.717) is 0 Å². The van der Waals surface area contributed by atoms with Gasteiger partial charge in [0.05, 0.1) is 27.5 Å². The zero-order valence-electron chi connectivity index (χ0n) is 30.3. The Morgan fingerprint density at radius 2 is 0.875 bits per heavy atom. The van der Waals surface area contributed by atoms with Gasteiger partial charge in [-0.3, -0.25) is 0 Å². The lowest BCUT2D eigenvalue weighted by atomic mass is 9.66. The molecule has 0 amide bonds. The Labute approximate surface area is 322 Å². The van der Waals surface area contributed by atoms with Gasteiger partial charge in [0.25, 0.3) is 0 Å². The van der Waals surface area contributed by atoms with E-state index in [-0.39, 0.29) is 0 Å². The fourth-order valence-corrected chi connectivity index (χ4v) is 10.4. The first kappa shape index (κ1) is 30.0. The molecule has 9 aromatic carbocycles. The second-order valence-corrected chi connectivity index (χ2v) is 15.2. The van der Waals surface area contributed by atoms with Crippen molar-refractivity contribution in [2.75, 3.05) is 0 Å². The SMILES string of the molecule is c1ccc2c(c1)Oc1cc3c4c5ccccc5ccc4n(-c4ccc(-n5c6ccccc6c6ccccc65)cc4)c3cc1C21c2ccccc2-c2ccccc21. The van der Waals surface area contributed by atoms with Crippen LogP contribution in [-0.2, 0) is 5.41 Å². The van der Waals surface area contributed by atoms with Gasteiger partial charge in [0.1, 0.15) is 11.5 Å². The number of hydrogen-bond acceptors (Lipinski definition) is 1. The van der Waals surface area contributed by atoms with Crippen LogP contribution < -0.4 is 4.74 Å². The van der Waals surface area contributed by atoms with E-state index in [9.17, 15) is 0 Å². The van der Waals surface area contributed by atoms with Gasteiger partial charge in [-0.25, -0.2) is 0 Å². The summed E-state index contributed by atoms with van der Waals surface area (Å²) < 4.78 is 11.8. The van der Waals surface area contributed by atoms with Crippen molar-refractivity contribution in [1.29, 1.82) is 0 Å². The van der Waals surface area contributed by atoms with Crippen molar-refractivity contribution in [2.24, 2.45) is 0 Å². The first-order valence-electron chi connectivity index (χ1n) is 19.4. The van der Waals surface area contributed by atoms with Crippen molar-refractivity contribution in [1.82, 2.24) is 9.13 Å². The molecule has 0 fully saturated rings. The molecule has 3 heteroatoms. The molecule has 2 aromatic heterocycles. The van der Waals surface area contributed by atoms with Crippen molar-refractivity contribution in [3.63, 3.8) is 0 Å². The maximum Gasteiger partial charge on any atom is 0.133 e. The lowest BCUT2D eigenvalue weighted by molar-refractivity contribution is 0.437. The fourth-order valence-electron chi connectivity index (χ4n) is 10.4. The number of aromatic nitrogens is 2. The second kappa shape index (κ2) is 10.9. The average Bonchev–Trinajstić information content (AvgIpc) is 3.88. The van der Waals surface area contributed by atoms with E-state index in [4.69, 9.17) is 4.74 Å². The fraction of sp³-hybridized carbons (Fsp3) is 0.0189. The molecule has 0 bridgehead atoms. The highest BCUT2D eigenvalue weighted by atomic mass is 16.5. The molecule has 0 saturated carbocycles. The maximum atomic E-state index is 6.99. The van der Waals surface area contributed by atoms with Crippen LogP contribution in [0.2, 0.25) is 0 Å². The Morgan fingerprint density at radius 3 is 1.55 bits per heavy atom. The number of nitrogens with zero attached hydrogens (tertiary/aromatic N) is 2. The lowest BCUT2D eigenvalue weighted by Crippen LogP contribution is -2.32. The molecule has 3 nitrogen and oxygen atoms in total. The quantitative estimate of drug-likeness (QED) is 0.175. The van der Waals surface area contributed by atoms with Gasteiger partial charge >= 0.3 is 0 Å². The van der Waals surface area contributed by atoms with Gasteiger partial charge < -0.3 is 13.9 Å². The average molecular weight is 713 g/mol. The zero-order chi connectivity index (χ0) is 36.5. The molecular formula is C53H32N2O. The molecule has 13 rings (SSSR count). The van der Waals surface area contributed by atoms with E-state index < -0.39 is 5.41 Å². The summed E-state index contributed by atoms with van der Waals surface area (Å²) in [6.07, 6.45) is 0. The van der Waals surface area contributed by atoms with Crippen LogP contribution in [0.4, 0.5) is 0 Å². The minimum Gasteiger partial charge on any atom is -0.457 e. The second-order valence-electron chi connectivity index (χ2n) is 15.2. The topological polar surface area (TPSA) is 19.1 Å². The Balaban J connectivity index is 1.12. The van der Waals surface area contributed by atoms with E-state index in [2.05, 4.69) is 203 Å². The van der Waals surface area contributed by atoms with Gasteiger partial charge in [-0.1, -0.05) is 133 Å². The number of ether oxygens (including phenoxy) is 1. The molecule has 260 valence electrons. The number of benzene rings is 9. The number of fused-ring (bicyclic) bond motifs is 17. The largest absolute Gasteiger partial charge is 0.457 e. The molecule has 3 heterocycles. The van der Waals surface area contributed by atoms with Gasteiger partial charge in [-0.2, -0.15) is 0 Å². The minimum absolute atomic E-state index is 0.546. The normalized spacial score (nSPS) is 13.6. The van der Waals surface area contributed by atoms with Crippen molar-refractivity contribution in [3.05, 3.63) is 216 Å². The molecular weight excluding hydrogens is 681 g/mol. The summed E-state index contributed by atoms with van der Waals surface area (Å²) in [5.74, 6) is 1.80. The van der Waals surface area contributed by atoms with Crippen molar-refractivity contribution >= 4 is 54.4 Å². The molecule has 0 atom stereocenters. The number of para-hydroxylation sites is 3. The van der Waals surface area contributed by atoms with Gasteiger partial charge in [-0.05, 0) is 93.7 Å². The maximum absolute atomic E-state index is 6.99. The van der Waals surface area contributed by atoms with Crippen LogP contribution in [0.15, 0.2) is 194 Å². The summed E-state index contributed by atoms with van der Waals surface area (Å²) in [6, 6.07) is 71.1. The summed E-state index contributed by atoms with van der Waals surface area (Å²) in [7, 11) is 0. The van der Waals surface area contributed by atoms with Gasteiger partial charge in [0.2, 0.25) is 0 Å². The highest BCUT2D eigenvalue weighted by Crippen LogP contribution is 2.62. The van der Waals surface area contributed by atoms with E-state index in [1.54, 1.807) is 0 Å². The van der Waals surface area contributed by atoms with Gasteiger partial charge in [-0.15, -0.1) is 0 Å². The van der Waals surface area contributed by atoms with Gasteiger partial charge in [0, 0.05) is 44.0 Å². The highest BCUT2D eigenvalue weighted by Gasteiger charge is 2.51. The standard InChI is InChI=1S/C53H32N2O/c1-2-14-36-33(13-1)25-30-48-52(36)41-31-51-45(53(44-21-9-12-24-50(44)56-51)42-19-7-3-15-37(42)38-16-4-8-20-43(38)53)32-49(41)55(48)35-28-26-34(27-29-35)54-46-22-10-5-17-39(46)40-18-6-11-23-47(40)54/h1-32H. The van der Waals surface area contributed by atoms with Crippen LogP contribution in [0.1, 0.15) is 22.3 Å². The van der Waals surface area contributed by atoms with Crippen molar-refractivity contribution in [2.45, 2.75) is 5.41 Å². The van der Waals surface area contributed by atoms with Crippen molar-refractivity contribution < 1.29 is 4.74 Å². The Hall–Kier alpha value is -7.36. The molecule has 1 aliphatic carbocycles. The summed E-state index contributed by atoms with van der Waals surface area (Å²) in [5, 5.41) is 7.39. The van der Waals surface area contributed by atoms with Crippen LogP contribution in [0.25, 0.3) is 76.9 Å². The van der Waals surface area contributed by atoms with E-state index in [1.807, 2.05) is 0 Å². The van der Waals surface area contributed by atoms with E-state index in [0.717, 1.165) is 34.0 Å². The first-order chi connectivity index (χ1) is 27.8. The molecule has 0 saturated heterocycles. The predicted octanol–water partition coefficient (Wildman–Crippen LogP) is 13.5. The Kier molecular flexibility index (Phi) is 5.83. The minimum atomic E-state index is -0.546. The molecule has 1 spiro atoms. The summed E-state index contributed by atoms with van der Waals surface area (Å²) >= 11 is 0. The Morgan fingerprint density at radius 1 is 0.339 bits per heavy atom. The highest BCUT2D eigenvalue weighted by molar-refractivity contribution is 6.22. The van der Waals surface area contributed by atoms with Crippen LogP contribution >= 0.6 is 0 Å². The summed E-state index contributed by atoms with van der Waals surface area (Å²) in [5.41, 5.74) is 13.9. The third kappa shape index (κ3) is 3.72. The van der Waals surface area contributed by atoms with E-state index >= 15 is 0 Å². The third-order valence-corrected chi connectivity index (χ3v) is 12.6. The van der Waals surface area contributed by atoms with E-state index in [1.165, 1.54) is 76.7 Å². The summed E-state index contributed by atoms with van der Waals surface area (Å²) in [6.45, 7) is 0. The van der Waals surface area contributed by atoms with Crippen LogP contribution in [-0.4, -0.2) is 9.13 Å². The molecule has 0 N–H and O–H groups in total. The third-order valence-electron chi connectivity index (χ3n) is 12.6. The molecule has 0 radical (unpaired) electrons.